The molecule has 292 valence electrons. The van der Waals surface area contributed by atoms with Crippen LogP contribution in [0.15, 0.2) is 231 Å². The molecule has 0 saturated carbocycles. The second kappa shape index (κ2) is 16.2. The minimum atomic E-state index is 0.638. The quantitative estimate of drug-likeness (QED) is 0.146. The van der Waals surface area contributed by atoms with E-state index in [0.717, 1.165) is 55.7 Å². The number of benzene rings is 9. The summed E-state index contributed by atoms with van der Waals surface area (Å²) >= 11 is 1.79. The van der Waals surface area contributed by atoms with Crippen molar-refractivity contribution in [2.75, 3.05) is 4.90 Å². The van der Waals surface area contributed by atoms with Gasteiger partial charge in [-0.25, -0.2) is 15.0 Å². The van der Waals surface area contributed by atoms with Crippen molar-refractivity contribution < 1.29 is 0 Å². The molecule has 0 bridgehead atoms. The largest absolute Gasteiger partial charge is 0.310 e. The third kappa shape index (κ3) is 7.11. The maximum absolute atomic E-state index is 5.28. The van der Waals surface area contributed by atoms with Crippen LogP contribution in [0.25, 0.3) is 87.7 Å². The van der Waals surface area contributed by atoms with Gasteiger partial charge in [0.05, 0.1) is 0 Å². The van der Waals surface area contributed by atoms with Crippen LogP contribution in [0.2, 0.25) is 0 Å². The highest BCUT2D eigenvalue weighted by molar-refractivity contribution is 7.26. The zero-order chi connectivity index (χ0) is 41.2. The fourth-order valence-corrected chi connectivity index (χ4v) is 9.50. The van der Waals surface area contributed by atoms with Crippen LogP contribution < -0.4 is 4.90 Å². The van der Waals surface area contributed by atoms with E-state index in [1.807, 2.05) is 24.3 Å². The minimum absolute atomic E-state index is 0.638. The third-order valence-electron chi connectivity index (χ3n) is 11.4. The topological polar surface area (TPSA) is 41.9 Å². The van der Waals surface area contributed by atoms with Crippen LogP contribution in [0.4, 0.5) is 17.1 Å². The number of aromatic nitrogens is 3. The van der Waals surface area contributed by atoms with Gasteiger partial charge < -0.3 is 4.90 Å². The number of rotatable bonds is 9. The molecule has 0 saturated heterocycles. The van der Waals surface area contributed by atoms with Crippen LogP contribution in [0.1, 0.15) is 0 Å². The molecule has 62 heavy (non-hydrogen) atoms. The van der Waals surface area contributed by atoms with Crippen LogP contribution in [0.3, 0.4) is 0 Å². The fraction of sp³-hybridized carbons (Fsp3) is 0. The average molecular weight is 811 g/mol. The number of hydrogen-bond acceptors (Lipinski definition) is 5. The molecule has 0 aliphatic rings. The van der Waals surface area contributed by atoms with Crippen molar-refractivity contribution >= 4 is 48.6 Å². The maximum Gasteiger partial charge on any atom is 0.164 e. The van der Waals surface area contributed by atoms with Gasteiger partial charge in [-0.1, -0.05) is 188 Å². The molecule has 11 rings (SSSR count). The van der Waals surface area contributed by atoms with Crippen molar-refractivity contribution in [2.45, 2.75) is 0 Å². The molecule has 11 aromatic rings. The first-order valence-corrected chi connectivity index (χ1v) is 21.6. The number of fused-ring (bicyclic) bond motifs is 3. The molecule has 2 aromatic heterocycles. The summed E-state index contributed by atoms with van der Waals surface area (Å²) in [5.74, 6) is 1.92. The number of anilines is 3. The van der Waals surface area contributed by atoms with Gasteiger partial charge in [-0.3, -0.25) is 0 Å². The molecule has 0 radical (unpaired) electrons. The zero-order valence-corrected chi connectivity index (χ0v) is 34.5. The Morgan fingerprint density at radius 3 is 1.31 bits per heavy atom. The summed E-state index contributed by atoms with van der Waals surface area (Å²) in [5, 5.41) is 2.30. The predicted molar refractivity (Wildman–Crippen MR) is 260 cm³/mol. The van der Waals surface area contributed by atoms with Gasteiger partial charge in [-0.2, -0.15) is 0 Å². The minimum Gasteiger partial charge on any atom is -0.310 e. The summed E-state index contributed by atoms with van der Waals surface area (Å²) in [6.45, 7) is 0. The molecule has 2 heterocycles. The second-order valence-electron chi connectivity index (χ2n) is 15.2. The molecule has 0 aliphatic carbocycles. The lowest BCUT2D eigenvalue weighted by Gasteiger charge is -2.26. The van der Waals surface area contributed by atoms with E-state index < -0.39 is 0 Å². The lowest BCUT2D eigenvalue weighted by Crippen LogP contribution is -2.09. The Morgan fingerprint density at radius 1 is 0.290 bits per heavy atom. The van der Waals surface area contributed by atoms with Crippen LogP contribution in [-0.2, 0) is 0 Å². The highest BCUT2D eigenvalue weighted by Crippen LogP contribution is 2.44. The standard InChI is InChI=1S/C57H38N4S/c1-5-16-39(17-6-1)41-28-32-45(33-29-41)61(46-34-30-42(31-35-46)40-18-7-2-8-19-40)47-36-37-50-53(38-47)62-52-27-15-26-51(54(50)52)57-59-55(44-22-11-4-12-23-44)58-56(60-57)49-25-14-13-24-48(49)43-20-9-3-10-21-43/h1-38H. The number of thiophene rings is 1. The Morgan fingerprint density at radius 2 is 0.726 bits per heavy atom. The molecule has 4 nitrogen and oxygen atoms in total. The van der Waals surface area contributed by atoms with Crippen molar-refractivity contribution in [3.63, 3.8) is 0 Å². The van der Waals surface area contributed by atoms with E-state index in [-0.39, 0.29) is 0 Å². The lowest BCUT2D eigenvalue weighted by molar-refractivity contribution is 1.08. The summed E-state index contributed by atoms with van der Waals surface area (Å²) in [7, 11) is 0. The van der Waals surface area contributed by atoms with Crippen molar-refractivity contribution in [2.24, 2.45) is 0 Å². The van der Waals surface area contributed by atoms with E-state index in [4.69, 9.17) is 15.0 Å². The van der Waals surface area contributed by atoms with Crippen molar-refractivity contribution in [3.8, 4) is 67.5 Å². The first-order chi connectivity index (χ1) is 30.7. The first kappa shape index (κ1) is 37.0. The van der Waals surface area contributed by atoms with Crippen molar-refractivity contribution in [1.29, 1.82) is 0 Å². The summed E-state index contributed by atoms with van der Waals surface area (Å²) in [5.41, 5.74) is 13.1. The van der Waals surface area contributed by atoms with Gasteiger partial charge in [0.2, 0.25) is 0 Å². The summed E-state index contributed by atoms with van der Waals surface area (Å²) in [4.78, 5) is 17.9. The molecule has 0 unspecified atom stereocenters. The molecule has 0 spiro atoms. The smallest absolute Gasteiger partial charge is 0.164 e. The van der Waals surface area contributed by atoms with E-state index in [2.05, 4.69) is 211 Å². The Kier molecular flexibility index (Phi) is 9.69. The van der Waals surface area contributed by atoms with Gasteiger partial charge in [-0.05, 0) is 75.8 Å². The van der Waals surface area contributed by atoms with Crippen molar-refractivity contribution in [1.82, 2.24) is 15.0 Å². The number of nitrogens with zero attached hydrogens (tertiary/aromatic N) is 4. The van der Waals surface area contributed by atoms with Gasteiger partial charge in [0, 0.05) is 53.9 Å². The average Bonchev–Trinajstić information content (AvgIpc) is 3.74. The Labute approximate surface area is 364 Å². The molecule has 0 atom stereocenters. The van der Waals surface area contributed by atoms with E-state index in [9.17, 15) is 0 Å². The Balaban J connectivity index is 1.05. The fourth-order valence-electron chi connectivity index (χ4n) is 8.33. The second-order valence-corrected chi connectivity index (χ2v) is 16.3. The predicted octanol–water partition coefficient (Wildman–Crippen LogP) is 15.7. The maximum atomic E-state index is 5.28. The molecule has 5 heteroatoms. The van der Waals surface area contributed by atoms with Crippen LogP contribution in [0, 0.1) is 0 Å². The number of hydrogen-bond donors (Lipinski definition) is 0. The Hall–Kier alpha value is -7.99. The van der Waals surface area contributed by atoms with Gasteiger partial charge >= 0.3 is 0 Å². The van der Waals surface area contributed by atoms with Crippen molar-refractivity contribution in [3.05, 3.63) is 231 Å². The van der Waals surface area contributed by atoms with Gasteiger partial charge in [-0.15, -0.1) is 11.3 Å². The van der Waals surface area contributed by atoms with E-state index in [1.165, 1.54) is 31.7 Å². The highest BCUT2D eigenvalue weighted by atomic mass is 32.1. The summed E-state index contributed by atoms with van der Waals surface area (Å²) in [6.07, 6.45) is 0. The molecular weight excluding hydrogens is 773 g/mol. The van der Waals surface area contributed by atoms with Crippen LogP contribution in [0.5, 0.6) is 0 Å². The Bertz CT molecular complexity index is 3230. The molecule has 0 aliphatic heterocycles. The van der Waals surface area contributed by atoms with E-state index >= 15 is 0 Å². The third-order valence-corrected chi connectivity index (χ3v) is 12.5. The molecule has 0 amide bonds. The molecule has 9 aromatic carbocycles. The van der Waals surface area contributed by atoms with Crippen LogP contribution in [-0.4, -0.2) is 15.0 Å². The van der Waals surface area contributed by atoms with Gasteiger partial charge in [0.25, 0.3) is 0 Å². The molecule has 0 N–H and O–H groups in total. The normalized spacial score (nSPS) is 11.2. The summed E-state index contributed by atoms with van der Waals surface area (Å²) in [6, 6.07) is 81.1. The SMILES string of the molecule is c1ccc(-c2ccc(N(c3ccc(-c4ccccc4)cc3)c3ccc4c(c3)sc3cccc(-c5nc(-c6ccccc6)nc(-c6ccccc6-c6ccccc6)n5)c34)cc2)cc1. The van der Waals surface area contributed by atoms with Gasteiger partial charge in [0.1, 0.15) is 0 Å². The highest BCUT2D eigenvalue weighted by Gasteiger charge is 2.20. The summed E-state index contributed by atoms with van der Waals surface area (Å²) < 4.78 is 2.36. The van der Waals surface area contributed by atoms with Crippen LogP contribution >= 0.6 is 11.3 Å². The monoisotopic (exact) mass is 810 g/mol. The molecular formula is C57H38N4S. The van der Waals surface area contributed by atoms with E-state index in [1.54, 1.807) is 11.3 Å². The van der Waals surface area contributed by atoms with Gasteiger partial charge in [0.15, 0.2) is 17.5 Å². The molecule has 0 fully saturated rings. The van der Waals surface area contributed by atoms with E-state index in [0.29, 0.717) is 17.5 Å². The first-order valence-electron chi connectivity index (χ1n) is 20.8. The zero-order valence-electron chi connectivity index (χ0n) is 33.6. The lowest BCUT2D eigenvalue weighted by atomic mass is 9.99.